The van der Waals surface area contributed by atoms with Crippen LogP contribution in [0, 0.1) is 0 Å². The Balaban J connectivity index is 1.42. The van der Waals surface area contributed by atoms with Crippen LogP contribution in [-0.2, 0) is 0 Å². The Kier molecular flexibility index (Phi) is 6.61. The Bertz CT molecular complexity index is 715. The van der Waals surface area contributed by atoms with Gasteiger partial charge in [-0.2, -0.15) is 0 Å². The lowest BCUT2D eigenvalue weighted by Gasteiger charge is -2.29. The second kappa shape index (κ2) is 9.34. The molecule has 2 aromatic carbocycles. The molecule has 2 amide bonds. The van der Waals surface area contributed by atoms with E-state index in [1.807, 2.05) is 18.2 Å². The zero-order chi connectivity index (χ0) is 18.2. The first-order valence-corrected chi connectivity index (χ1v) is 9.37. The van der Waals surface area contributed by atoms with Crippen molar-refractivity contribution >= 4 is 29.0 Å². The van der Waals surface area contributed by atoms with Gasteiger partial charge in [0.25, 0.3) is 0 Å². The summed E-state index contributed by atoms with van der Waals surface area (Å²) in [4.78, 5) is 14.4. The van der Waals surface area contributed by atoms with Crippen LogP contribution in [0.25, 0.3) is 0 Å². The lowest BCUT2D eigenvalue weighted by Crippen LogP contribution is -2.32. The number of nitrogens with one attached hydrogen (secondary N) is 2. The first-order chi connectivity index (χ1) is 12.7. The summed E-state index contributed by atoms with van der Waals surface area (Å²) >= 11 is 5.83. The molecule has 0 aliphatic carbocycles. The van der Waals surface area contributed by atoms with E-state index < -0.39 is 0 Å². The molecular formula is C20H24ClN3O2. The second-order valence-corrected chi connectivity index (χ2v) is 6.72. The van der Waals surface area contributed by atoms with E-state index in [-0.39, 0.29) is 6.03 Å². The third-order valence-corrected chi connectivity index (χ3v) is 4.55. The fourth-order valence-corrected chi connectivity index (χ4v) is 3.10. The van der Waals surface area contributed by atoms with Gasteiger partial charge in [0, 0.05) is 29.5 Å². The number of anilines is 2. The zero-order valence-corrected chi connectivity index (χ0v) is 15.5. The highest BCUT2D eigenvalue weighted by molar-refractivity contribution is 6.30. The largest absolute Gasteiger partial charge is 0.492 e. The smallest absolute Gasteiger partial charge is 0.319 e. The predicted octanol–water partition coefficient (Wildman–Crippen LogP) is 4.53. The van der Waals surface area contributed by atoms with Crippen LogP contribution in [0.1, 0.15) is 19.3 Å². The van der Waals surface area contributed by atoms with E-state index in [0.717, 1.165) is 30.2 Å². The third kappa shape index (κ3) is 5.56. The van der Waals surface area contributed by atoms with Gasteiger partial charge >= 0.3 is 6.03 Å². The van der Waals surface area contributed by atoms with Crippen LogP contribution in [-0.4, -0.2) is 32.3 Å². The maximum Gasteiger partial charge on any atom is 0.319 e. The van der Waals surface area contributed by atoms with E-state index in [1.165, 1.54) is 19.3 Å². The third-order valence-electron chi connectivity index (χ3n) is 4.30. The van der Waals surface area contributed by atoms with Gasteiger partial charge in [-0.25, -0.2) is 4.79 Å². The Morgan fingerprint density at radius 2 is 1.85 bits per heavy atom. The average molecular weight is 374 g/mol. The van der Waals surface area contributed by atoms with Gasteiger partial charge in [-0.05, 0) is 61.7 Å². The number of carbonyl (C=O) groups excluding carboxylic acids is 1. The van der Waals surface area contributed by atoms with Crippen LogP contribution < -0.4 is 20.3 Å². The van der Waals surface area contributed by atoms with Crippen LogP contribution in [0.15, 0.2) is 48.5 Å². The number of halogens is 1. The molecular weight excluding hydrogens is 350 g/mol. The summed E-state index contributed by atoms with van der Waals surface area (Å²) in [6.45, 7) is 2.97. The topological polar surface area (TPSA) is 53.6 Å². The molecule has 0 unspecified atom stereocenters. The monoisotopic (exact) mass is 373 g/mol. The van der Waals surface area contributed by atoms with Crippen LogP contribution in [0.2, 0.25) is 5.02 Å². The van der Waals surface area contributed by atoms with Gasteiger partial charge in [-0.3, -0.25) is 0 Å². The lowest BCUT2D eigenvalue weighted by molar-refractivity contribution is 0.247. The molecule has 0 atom stereocenters. The predicted molar refractivity (Wildman–Crippen MR) is 106 cm³/mol. The molecule has 0 radical (unpaired) electrons. The second-order valence-electron chi connectivity index (χ2n) is 6.28. The molecule has 0 spiro atoms. The molecule has 0 bridgehead atoms. The van der Waals surface area contributed by atoms with Crippen molar-refractivity contribution in [3.63, 3.8) is 0 Å². The Morgan fingerprint density at radius 1 is 1.08 bits per heavy atom. The highest BCUT2D eigenvalue weighted by Crippen LogP contribution is 2.23. The van der Waals surface area contributed by atoms with E-state index in [0.29, 0.717) is 18.2 Å². The molecule has 6 heteroatoms. The molecule has 2 N–H and O–H groups in total. The molecule has 5 nitrogen and oxygen atoms in total. The minimum atomic E-state index is -0.236. The molecule has 138 valence electrons. The highest BCUT2D eigenvalue weighted by atomic mass is 35.5. The molecule has 1 aliphatic heterocycles. The normalized spacial score (nSPS) is 14.0. The van der Waals surface area contributed by atoms with Crippen LogP contribution in [0.3, 0.4) is 0 Å². The van der Waals surface area contributed by atoms with E-state index in [4.69, 9.17) is 16.3 Å². The van der Waals surface area contributed by atoms with Crippen molar-refractivity contribution in [2.75, 3.05) is 36.5 Å². The van der Waals surface area contributed by atoms with E-state index in [1.54, 1.807) is 24.3 Å². The number of benzene rings is 2. The summed E-state index contributed by atoms with van der Waals surface area (Å²) in [5, 5.41) is 6.34. The minimum absolute atomic E-state index is 0.236. The van der Waals surface area contributed by atoms with Gasteiger partial charge in [-0.1, -0.05) is 17.7 Å². The maximum absolute atomic E-state index is 12.0. The molecule has 1 saturated heterocycles. The molecule has 3 rings (SSSR count). The first kappa shape index (κ1) is 18.4. The van der Waals surface area contributed by atoms with Gasteiger partial charge in [0.1, 0.15) is 12.4 Å². The quantitative estimate of drug-likeness (QED) is 0.731. The molecule has 26 heavy (non-hydrogen) atoms. The molecule has 1 aliphatic rings. The zero-order valence-electron chi connectivity index (χ0n) is 14.7. The van der Waals surface area contributed by atoms with Crippen molar-refractivity contribution in [1.29, 1.82) is 0 Å². The minimum Gasteiger partial charge on any atom is -0.492 e. The van der Waals surface area contributed by atoms with Crippen molar-refractivity contribution < 1.29 is 9.53 Å². The van der Waals surface area contributed by atoms with E-state index in [2.05, 4.69) is 21.6 Å². The number of amides is 2. The summed E-state index contributed by atoms with van der Waals surface area (Å²) in [6.07, 6.45) is 3.76. The van der Waals surface area contributed by atoms with E-state index >= 15 is 0 Å². The molecule has 0 aromatic heterocycles. The molecule has 1 fully saturated rings. The van der Waals surface area contributed by atoms with Crippen molar-refractivity contribution in [1.82, 2.24) is 5.32 Å². The average Bonchev–Trinajstić information content (AvgIpc) is 2.67. The van der Waals surface area contributed by atoms with Crippen LogP contribution >= 0.6 is 11.6 Å². The summed E-state index contributed by atoms with van der Waals surface area (Å²) < 4.78 is 5.55. The maximum atomic E-state index is 12.0. The summed E-state index contributed by atoms with van der Waals surface area (Å²) in [6, 6.07) is 14.9. The van der Waals surface area contributed by atoms with Gasteiger partial charge < -0.3 is 20.3 Å². The van der Waals surface area contributed by atoms with Gasteiger partial charge in [0.15, 0.2) is 0 Å². The van der Waals surface area contributed by atoms with Crippen molar-refractivity contribution in [2.24, 2.45) is 0 Å². The van der Waals surface area contributed by atoms with Crippen LogP contribution in [0.4, 0.5) is 16.2 Å². The van der Waals surface area contributed by atoms with Crippen molar-refractivity contribution in [3.05, 3.63) is 53.6 Å². The number of rotatable bonds is 6. The number of ether oxygens (including phenoxy) is 1. The van der Waals surface area contributed by atoms with Gasteiger partial charge in [0.2, 0.25) is 0 Å². The number of hydrogen-bond donors (Lipinski definition) is 2. The van der Waals surface area contributed by atoms with Crippen molar-refractivity contribution in [3.8, 4) is 5.75 Å². The molecule has 2 aromatic rings. The fraction of sp³-hybridized carbons (Fsp3) is 0.350. The van der Waals surface area contributed by atoms with Gasteiger partial charge in [-0.15, -0.1) is 0 Å². The number of carbonyl (C=O) groups is 1. The SMILES string of the molecule is O=C(NCCOc1ccc(Cl)cc1)Nc1cccc(N2CCCCC2)c1. The molecule has 0 saturated carbocycles. The first-order valence-electron chi connectivity index (χ1n) is 8.99. The summed E-state index contributed by atoms with van der Waals surface area (Å²) in [5.41, 5.74) is 1.96. The standard InChI is InChI=1S/C20H24ClN3O2/c21-16-7-9-19(10-8-16)26-14-11-22-20(25)23-17-5-4-6-18(15-17)24-12-2-1-3-13-24/h4-10,15H,1-3,11-14H2,(H2,22,23,25). The van der Waals surface area contributed by atoms with Crippen LogP contribution in [0.5, 0.6) is 5.75 Å². The summed E-state index contributed by atoms with van der Waals surface area (Å²) in [5.74, 6) is 0.728. The summed E-state index contributed by atoms with van der Waals surface area (Å²) in [7, 11) is 0. The Hall–Kier alpha value is -2.40. The lowest BCUT2D eigenvalue weighted by atomic mass is 10.1. The Morgan fingerprint density at radius 3 is 2.62 bits per heavy atom. The highest BCUT2D eigenvalue weighted by Gasteiger charge is 2.11. The van der Waals surface area contributed by atoms with Gasteiger partial charge in [0.05, 0.1) is 6.54 Å². The number of piperidine rings is 1. The van der Waals surface area contributed by atoms with Crippen molar-refractivity contribution in [2.45, 2.75) is 19.3 Å². The molecule has 1 heterocycles. The number of urea groups is 1. The number of nitrogens with zero attached hydrogens (tertiary/aromatic N) is 1. The van der Waals surface area contributed by atoms with E-state index in [9.17, 15) is 4.79 Å². The fourth-order valence-electron chi connectivity index (χ4n) is 2.97. The Labute approximate surface area is 159 Å². The number of hydrogen-bond acceptors (Lipinski definition) is 3.